The van der Waals surface area contributed by atoms with Gasteiger partial charge in [0, 0.05) is 3.92 Å². The van der Waals surface area contributed by atoms with Crippen LogP contribution in [-0.2, 0) is 0 Å². The van der Waals surface area contributed by atoms with E-state index in [1.165, 1.54) is 12.8 Å². The van der Waals surface area contributed by atoms with Crippen molar-refractivity contribution in [1.82, 2.24) is 0 Å². The lowest BCUT2D eigenvalue weighted by atomic mass is 9.91. The largest absolute Gasteiger partial charge is 0.0817 e. The molecule has 2 atom stereocenters. The van der Waals surface area contributed by atoms with Gasteiger partial charge < -0.3 is 0 Å². The Bertz CT molecular complexity index is 107. The highest BCUT2D eigenvalue weighted by molar-refractivity contribution is 14.1. The molecule has 0 amide bonds. The second kappa shape index (κ2) is 2.40. The van der Waals surface area contributed by atoms with Gasteiger partial charge in [0.2, 0.25) is 0 Å². The lowest BCUT2D eigenvalue weighted by molar-refractivity contribution is 0.392. The van der Waals surface area contributed by atoms with Crippen molar-refractivity contribution in [3.05, 3.63) is 0 Å². The third-order valence-electron chi connectivity index (χ3n) is 2.49. The van der Waals surface area contributed by atoms with E-state index in [-0.39, 0.29) is 0 Å². The molecule has 1 aliphatic carbocycles. The first-order chi connectivity index (χ1) is 4.04. The first kappa shape index (κ1) is 7.83. The molecule has 0 N–H and O–H groups in total. The van der Waals surface area contributed by atoms with Crippen molar-refractivity contribution in [3.8, 4) is 0 Å². The second-order valence-electron chi connectivity index (χ2n) is 3.91. The quantitative estimate of drug-likeness (QED) is 0.449. The Labute approximate surface area is 71.5 Å². The van der Waals surface area contributed by atoms with E-state index in [1.807, 2.05) is 0 Å². The molecule has 0 spiro atoms. The maximum Gasteiger partial charge on any atom is 0.0186 e. The van der Waals surface area contributed by atoms with Crippen LogP contribution in [0.1, 0.15) is 33.6 Å². The standard InChI is InChI=1S/C8H15I/c1-6-4-5-8(2,3)7(6)9/h6-7H,4-5H2,1-3H3/t6-,7+/m0/s1. The minimum atomic E-state index is 0.611. The van der Waals surface area contributed by atoms with Crippen molar-refractivity contribution in [2.75, 3.05) is 0 Å². The fourth-order valence-electron chi connectivity index (χ4n) is 1.65. The predicted octanol–water partition coefficient (Wildman–Crippen LogP) is 3.25. The Morgan fingerprint density at radius 1 is 1.44 bits per heavy atom. The van der Waals surface area contributed by atoms with Crippen molar-refractivity contribution in [3.63, 3.8) is 0 Å². The average molecular weight is 238 g/mol. The first-order valence-corrected chi connectivity index (χ1v) is 4.93. The molecule has 1 saturated carbocycles. The highest BCUT2D eigenvalue weighted by atomic mass is 127. The van der Waals surface area contributed by atoms with E-state index in [0.717, 1.165) is 9.84 Å². The number of hydrogen-bond donors (Lipinski definition) is 0. The summed E-state index contributed by atoms with van der Waals surface area (Å²) in [6.07, 6.45) is 2.85. The predicted molar refractivity (Wildman–Crippen MR) is 50.0 cm³/mol. The van der Waals surface area contributed by atoms with Gasteiger partial charge in [0.25, 0.3) is 0 Å². The van der Waals surface area contributed by atoms with Crippen molar-refractivity contribution < 1.29 is 0 Å². The Morgan fingerprint density at radius 3 is 2.11 bits per heavy atom. The minimum Gasteiger partial charge on any atom is -0.0817 e. The highest BCUT2D eigenvalue weighted by Gasteiger charge is 2.37. The molecule has 1 fully saturated rings. The first-order valence-electron chi connectivity index (χ1n) is 3.68. The number of alkyl halides is 1. The normalized spacial score (nSPS) is 41.3. The summed E-state index contributed by atoms with van der Waals surface area (Å²) in [5.41, 5.74) is 0.611. The molecule has 0 aromatic heterocycles. The molecular weight excluding hydrogens is 223 g/mol. The fraction of sp³-hybridized carbons (Fsp3) is 1.00. The number of hydrogen-bond acceptors (Lipinski definition) is 0. The molecule has 0 nitrogen and oxygen atoms in total. The van der Waals surface area contributed by atoms with Crippen LogP contribution in [-0.4, -0.2) is 3.92 Å². The summed E-state index contributed by atoms with van der Waals surface area (Å²) in [5.74, 6) is 0.945. The molecule has 1 rings (SSSR count). The van der Waals surface area contributed by atoms with Gasteiger partial charge in [-0.25, -0.2) is 0 Å². The Morgan fingerprint density at radius 2 is 2.00 bits per heavy atom. The van der Waals surface area contributed by atoms with Gasteiger partial charge in [0.05, 0.1) is 0 Å². The zero-order valence-corrected chi connectivity index (χ0v) is 8.60. The van der Waals surface area contributed by atoms with E-state index in [9.17, 15) is 0 Å². The molecular formula is C8H15I. The van der Waals surface area contributed by atoms with Crippen molar-refractivity contribution in [2.24, 2.45) is 11.3 Å². The molecule has 0 unspecified atom stereocenters. The minimum absolute atomic E-state index is 0.611. The Kier molecular flexibility index (Phi) is 2.09. The van der Waals surface area contributed by atoms with Crippen molar-refractivity contribution in [2.45, 2.75) is 37.5 Å². The van der Waals surface area contributed by atoms with E-state index in [2.05, 4.69) is 43.4 Å². The molecule has 0 aromatic rings. The monoisotopic (exact) mass is 238 g/mol. The van der Waals surface area contributed by atoms with E-state index in [1.54, 1.807) is 0 Å². The summed E-state index contributed by atoms with van der Waals surface area (Å²) in [5, 5.41) is 0. The van der Waals surface area contributed by atoms with E-state index in [0.29, 0.717) is 5.41 Å². The maximum atomic E-state index is 2.60. The molecule has 54 valence electrons. The van der Waals surface area contributed by atoms with Gasteiger partial charge in [-0.1, -0.05) is 43.4 Å². The zero-order chi connectivity index (χ0) is 7.07. The maximum absolute atomic E-state index is 2.60. The van der Waals surface area contributed by atoms with Crippen LogP contribution in [0.2, 0.25) is 0 Å². The van der Waals surface area contributed by atoms with Gasteiger partial charge >= 0.3 is 0 Å². The summed E-state index contributed by atoms with van der Waals surface area (Å²) in [6.45, 7) is 7.13. The second-order valence-corrected chi connectivity index (χ2v) is 5.25. The van der Waals surface area contributed by atoms with Crippen LogP contribution in [0.5, 0.6) is 0 Å². The summed E-state index contributed by atoms with van der Waals surface area (Å²) in [6, 6.07) is 0. The van der Waals surface area contributed by atoms with Gasteiger partial charge in [0.1, 0.15) is 0 Å². The van der Waals surface area contributed by atoms with Gasteiger partial charge in [0.15, 0.2) is 0 Å². The van der Waals surface area contributed by atoms with Crippen LogP contribution < -0.4 is 0 Å². The SMILES string of the molecule is C[C@H]1CCC(C)(C)[C@@H]1I. The third-order valence-corrected chi connectivity index (χ3v) is 5.40. The lowest BCUT2D eigenvalue weighted by Crippen LogP contribution is -2.20. The van der Waals surface area contributed by atoms with Crippen LogP contribution in [0, 0.1) is 11.3 Å². The van der Waals surface area contributed by atoms with E-state index in [4.69, 9.17) is 0 Å². The molecule has 0 saturated heterocycles. The Hall–Kier alpha value is 0.730. The highest BCUT2D eigenvalue weighted by Crippen LogP contribution is 2.45. The zero-order valence-electron chi connectivity index (χ0n) is 6.45. The molecule has 0 bridgehead atoms. The van der Waals surface area contributed by atoms with E-state index >= 15 is 0 Å². The third kappa shape index (κ3) is 1.41. The van der Waals surface area contributed by atoms with Gasteiger partial charge in [-0.3, -0.25) is 0 Å². The summed E-state index contributed by atoms with van der Waals surface area (Å²) in [7, 11) is 0. The van der Waals surface area contributed by atoms with Gasteiger partial charge in [-0.2, -0.15) is 0 Å². The molecule has 9 heavy (non-hydrogen) atoms. The molecule has 1 heteroatoms. The van der Waals surface area contributed by atoms with Gasteiger partial charge in [-0.15, -0.1) is 0 Å². The molecule has 0 radical (unpaired) electrons. The van der Waals surface area contributed by atoms with Crippen LogP contribution in [0.15, 0.2) is 0 Å². The van der Waals surface area contributed by atoms with Gasteiger partial charge in [-0.05, 0) is 24.2 Å². The van der Waals surface area contributed by atoms with Crippen LogP contribution in [0.25, 0.3) is 0 Å². The number of rotatable bonds is 0. The van der Waals surface area contributed by atoms with Crippen LogP contribution >= 0.6 is 22.6 Å². The summed E-state index contributed by atoms with van der Waals surface area (Å²) < 4.78 is 0.898. The molecule has 0 aromatic carbocycles. The molecule has 0 aliphatic heterocycles. The topological polar surface area (TPSA) is 0 Å². The van der Waals surface area contributed by atoms with Crippen LogP contribution in [0.3, 0.4) is 0 Å². The van der Waals surface area contributed by atoms with Crippen molar-refractivity contribution >= 4 is 22.6 Å². The summed E-state index contributed by atoms with van der Waals surface area (Å²) >= 11 is 2.60. The molecule has 0 heterocycles. The summed E-state index contributed by atoms with van der Waals surface area (Å²) in [4.78, 5) is 0. The lowest BCUT2D eigenvalue weighted by Gasteiger charge is -2.23. The van der Waals surface area contributed by atoms with Crippen molar-refractivity contribution in [1.29, 1.82) is 0 Å². The fourth-order valence-corrected chi connectivity index (χ4v) is 2.33. The average Bonchev–Trinajstić information content (AvgIpc) is 1.97. The smallest absolute Gasteiger partial charge is 0.0186 e. The van der Waals surface area contributed by atoms with Crippen LogP contribution in [0.4, 0.5) is 0 Å². The Balaban J connectivity index is 2.62. The van der Waals surface area contributed by atoms with E-state index < -0.39 is 0 Å². The number of halogens is 1. The molecule has 1 aliphatic rings.